The highest BCUT2D eigenvalue weighted by Gasteiger charge is 2.41. The average molecular weight is 316 g/mol. The average Bonchev–Trinajstić information content (AvgIpc) is 2.76. The van der Waals surface area contributed by atoms with Crippen molar-refractivity contribution in [3.05, 3.63) is 29.1 Å². The number of aromatic nitrogens is 2. The van der Waals surface area contributed by atoms with E-state index >= 15 is 0 Å². The number of hydrogen-bond acceptors (Lipinski definition) is 3. The monoisotopic (exact) mass is 316 g/mol. The van der Waals surface area contributed by atoms with Crippen LogP contribution in [0.15, 0.2) is 17.7 Å². The normalized spacial score (nSPS) is 23.9. The first-order chi connectivity index (χ1) is 11.0. The van der Waals surface area contributed by atoms with Gasteiger partial charge in [-0.25, -0.2) is 0 Å². The minimum absolute atomic E-state index is 0.0803. The maximum atomic E-state index is 12.7. The van der Waals surface area contributed by atoms with E-state index in [1.165, 1.54) is 5.57 Å². The molecule has 2 atom stereocenters. The minimum atomic E-state index is -0.0804. The molecule has 2 amide bonds. The molecule has 4 heterocycles. The maximum absolute atomic E-state index is 12.7. The zero-order chi connectivity index (χ0) is 16.6. The van der Waals surface area contributed by atoms with Gasteiger partial charge in [0.1, 0.15) is 5.69 Å². The van der Waals surface area contributed by atoms with E-state index in [-0.39, 0.29) is 23.8 Å². The molecule has 2 bridgehead atoms. The van der Waals surface area contributed by atoms with Crippen molar-refractivity contribution in [2.45, 2.75) is 39.7 Å². The predicted molar refractivity (Wildman–Crippen MR) is 86.9 cm³/mol. The van der Waals surface area contributed by atoms with Gasteiger partial charge in [0.05, 0.1) is 5.92 Å². The summed E-state index contributed by atoms with van der Waals surface area (Å²) in [6.45, 7) is 7.70. The van der Waals surface area contributed by atoms with Crippen LogP contribution >= 0.6 is 0 Å². The molecular formula is C17H24N4O2. The van der Waals surface area contributed by atoms with Crippen LogP contribution in [0.25, 0.3) is 0 Å². The van der Waals surface area contributed by atoms with Gasteiger partial charge in [0.2, 0.25) is 5.91 Å². The molecule has 6 heteroatoms. The van der Waals surface area contributed by atoms with Gasteiger partial charge in [-0.1, -0.05) is 11.6 Å². The van der Waals surface area contributed by atoms with Gasteiger partial charge in [-0.3, -0.25) is 14.7 Å². The first-order valence-electron chi connectivity index (χ1n) is 8.21. The summed E-state index contributed by atoms with van der Waals surface area (Å²) >= 11 is 0. The van der Waals surface area contributed by atoms with Crippen LogP contribution in [0.1, 0.15) is 42.9 Å². The molecule has 124 valence electrons. The fourth-order valence-electron chi connectivity index (χ4n) is 3.42. The van der Waals surface area contributed by atoms with Gasteiger partial charge in [-0.15, -0.1) is 0 Å². The minimum Gasteiger partial charge on any atom is -0.334 e. The van der Waals surface area contributed by atoms with Crippen LogP contribution in [0.4, 0.5) is 0 Å². The van der Waals surface area contributed by atoms with Crippen LogP contribution < -0.4 is 0 Å². The number of nitrogens with zero attached hydrogens (tertiary/aromatic N) is 3. The third-order valence-electron chi connectivity index (χ3n) is 4.70. The Kier molecular flexibility index (Phi) is 4.24. The van der Waals surface area contributed by atoms with Crippen LogP contribution in [-0.4, -0.2) is 57.5 Å². The highest BCUT2D eigenvalue weighted by Crippen LogP contribution is 2.29. The molecule has 6 nitrogen and oxygen atoms in total. The summed E-state index contributed by atoms with van der Waals surface area (Å²) in [5.74, 6) is 0.0265. The number of rotatable bonds is 3. The summed E-state index contributed by atoms with van der Waals surface area (Å²) in [6, 6.07) is 1.87. The summed E-state index contributed by atoms with van der Waals surface area (Å²) in [4.78, 5) is 29.1. The van der Waals surface area contributed by atoms with E-state index in [0.29, 0.717) is 25.3 Å². The van der Waals surface area contributed by atoms with Gasteiger partial charge in [0.15, 0.2) is 0 Å². The first-order valence-corrected chi connectivity index (χ1v) is 8.21. The number of carbonyl (C=O) groups excluding carboxylic acids is 2. The summed E-state index contributed by atoms with van der Waals surface area (Å²) in [5, 5.41) is 6.88. The van der Waals surface area contributed by atoms with Crippen molar-refractivity contribution in [3.63, 3.8) is 0 Å². The van der Waals surface area contributed by atoms with E-state index in [9.17, 15) is 9.59 Å². The number of hydrogen-bond donors (Lipinski definition) is 1. The van der Waals surface area contributed by atoms with E-state index in [0.717, 1.165) is 18.5 Å². The zero-order valence-electron chi connectivity index (χ0n) is 14.0. The topological polar surface area (TPSA) is 69.3 Å². The van der Waals surface area contributed by atoms with E-state index in [1.54, 1.807) is 11.0 Å². The van der Waals surface area contributed by atoms with E-state index in [1.807, 2.05) is 25.7 Å². The summed E-state index contributed by atoms with van der Waals surface area (Å²) in [5.41, 5.74) is 2.51. The van der Waals surface area contributed by atoms with Crippen LogP contribution in [0.3, 0.4) is 0 Å². The lowest BCUT2D eigenvalue weighted by atomic mass is 9.94. The Balaban J connectivity index is 1.79. The number of H-pyrrole nitrogens is 1. The molecule has 0 aliphatic carbocycles. The van der Waals surface area contributed by atoms with E-state index in [2.05, 4.69) is 16.3 Å². The summed E-state index contributed by atoms with van der Waals surface area (Å²) in [7, 11) is 0. The summed E-state index contributed by atoms with van der Waals surface area (Å²) in [6.07, 6.45) is 3.93. The second-order valence-electron chi connectivity index (χ2n) is 6.85. The Hall–Kier alpha value is -2.11. The number of amides is 2. The number of piperidine rings is 1. The number of fused-ring (bicyclic) bond motifs is 4. The van der Waals surface area contributed by atoms with Crippen molar-refractivity contribution in [1.29, 1.82) is 0 Å². The molecule has 3 saturated heterocycles. The Bertz CT molecular complexity index is 645. The number of nitrogens with one attached hydrogen (secondary N) is 1. The van der Waals surface area contributed by atoms with Crippen molar-refractivity contribution in [1.82, 2.24) is 20.0 Å². The van der Waals surface area contributed by atoms with Crippen LogP contribution in [0.5, 0.6) is 0 Å². The highest BCUT2D eigenvalue weighted by molar-refractivity contribution is 5.93. The third-order valence-corrected chi connectivity index (χ3v) is 4.70. The molecule has 0 unspecified atom stereocenters. The number of allylic oxidation sites excluding steroid dienone is 1. The fraction of sp³-hybridized carbons (Fsp3) is 0.588. The van der Waals surface area contributed by atoms with E-state index < -0.39 is 0 Å². The van der Waals surface area contributed by atoms with Gasteiger partial charge in [-0.2, -0.15) is 5.10 Å². The van der Waals surface area contributed by atoms with Crippen molar-refractivity contribution < 1.29 is 9.59 Å². The van der Waals surface area contributed by atoms with Crippen molar-refractivity contribution in [2.75, 3.05) is 19.6 Å². The van der Waals surface area contributed by atoms with Gasteiger partial charge in [-0.05, 0) is 39.7 Å². The number of aromatic amines is 1. The Labute approximate surface area is 136 Å². The third kappa shape index (κ3) is 3.16. The van der Waals surface area contributed by atoms with Gasteiger partial charge < -0.3 is 9.80 Å². The van der Waals surface area contributed by atoms with Crippen LogP contribution in [0, 0.1) is 12.8 Å². The maximum Gasteiger partial charge on any atom is 0.274 e. The predicted octanol–water partition coefficient (Wildman–Crippen LogP) is 1.75. The van der Waals surface area contributed by atoms with Crippen LogP contribution in [0.2, 0.25) is 0 Å². The van der Waals surface area contributed by atoms with Gasteiger partial charge >= 0.3 is 0 Å². The molecule has 3 aliphatic heterocycles. The summed E-state index contributed by atoms with van der Waals surface area (Å²) < 4.78 is 0. The zero-order valence-corrected chi connectivity index (χ0v) is 14.0. The number of carbonyl (C=O) groups is 2. The first kappa shape index (κ1) is 15.8. The quantitative estimate of drug-likeness (QED) is 0.864. The second-order valence-corrected chi connectivity index (χ2v) is 6.85. The Morgan fingerprint density at radius 3 is 2.83 bits per heavy atom. The molecule has 1 aromatic rings. The molecule has 0 radical (unpaired) electrons. The SMILES string of the molecule is CC(C)=CCN1C(=O)[C@H]2CC[C@@H]1CN(C(=O)c1cc(C)[nH]n1)C2. The molecule has 1 N–H and O–H groups in total. The Morgan fingerprint density at radius 1 is 1.39 bits per heavy atom. The van der Waals surface area contributed by atoms with Crippen molar-refractivity contribution >= 4 is 11.8 Å². The molecule has 4 rings (SSSR count). The molecule has 0 saturated carbocycles. The van der Waals surface area contributed by atoms with Gasteiger partial charge in [0, 0.05) is 31.4 Å². The largest absolute Gasteiger partial charge is 0.334 e. The molecule has 0 spiro atoms. The van der Waals surface area contributed by atoms with Crippen LogP contribution in [-0.2, 0) is 4.79 Å². The lowest BCUT2D eigenvalue weighted by Gasteiger charge is -2.35. The molecule has 3 aliphatic rings. The van der Waals surface area contributed by atoms with Crippen molar-refractivity contribution in [2.24, 2.45) is 5.92 Å². The standard InChI is InChI=1S/C17H24N4O2/c1-11(2)6-7-21-14-5-4-13(16(21)22)9-20(10-14)17(23)15-8-12(3)18-19-15/h6,8,13-14H,4-5,7,9-10H2,1-3H3,(H,18,19)/t13-,14+/m0/s1. The Morgan fingerprint density at radius 2 is 2.17 bits per heavy atom. The highest BCUT2D eigenvalue weighted by atomic mass is 16.2. The molecule has 3 fully saturated rings. The molecule has 1 aromatic heterocycles. The molecular weight excluding hydrogens is 292 g/mol. The smallest absolute Gasteiger partial charge is 0.274 e. The molecule has 23 heavy (non-hydrogen) atoms. The van der Waals surface area contributed by atoms with Gasteiger partial charge in [0.25, 0.3) is 5.91 Å². The second kappa shape index (κ2) is 6.18. The fourth-order valence-corrected chi connectivity index (χ4v) is 3.42. The molecule has 0 aromatic carbocycles. The number of aryl methyl sites for hydroxylation is 1. The lowest BCUT2D eigenvalue weighted by molar-refractivity contribution is -0.139. The lowest BCUT2D eigenvalue weighted by Crippen LogP contribution is -2.48. The van der Waals surface area contributed by atoms with Crippen molar-refractivity contribution in [3.8, 4) is 0 Å². The van der Waals surface area contributed by atoms with E-state index in [4.69, 9.17) is 0 Å².